The van der Waals surface area contributed by atoms with E-state index in [1.54, 1.807) is 12.4 Å². The lowest BCUT2D eigenvalue weighted by molar-refractivity contribution is -0.120. The third kappa shape index (κ3) is 4.08. The summed E-state index contributed by atoms with van der Waals surface area (Å²) in [6.07, 6.45) is 5.07. The fraction of sp³-hybridized carbons (Fsp3) is 0.150. The Morgan fingerprint density at radius 2 is 1.56 bits per heavy atom. The van der Waals surface area contributed by atoms with Gasteiger partial charge in [0.2, 0.25) is 5.91 Å². The second-order valence-corrected chi connectivity index (χ2v) is 5.88. The highest BCUT2D eigenvalue weighted by Gasteiger charge is 2.20. The van der Waals surface area contributed by atoms with Crippen LogP contribution in [0.2, 0.25) is 0 Å². The number of hydrogen-bond donors (Lipinski definition) is 2. The molecule has 1 heterocycles. The fourth-order valence-corrected chi connectivity index (χ4v) is 2.75. The zero-order chi connectivity index (χ0) is 17.6. The van der Waals surface area contributed by atoms with Crippen molar-refractivity contribution >= 4 is 5.91 Å². The number of benzene rings is 2. The van der Waals surface area contributed by atoms with E-state index < -0.39 is 11.9 Å². The van der Waals surface area contributed by atoms with E-state index in [0.29, 0.717) is 0 Å². The van der Waals surface area contributed by atoms with Crippen LogP contribution in [0, 0.1) is 0 Å². The number of primary amides is 1. The molecule has 3 aromatic rings. The fourth-order valence-electron chi connectivity index (χ4n) is 2.75. The van der Waals surface area contributed by atoms with Gasteiger partial charge in [0.1, 0.15) is 12.4 Å². The summed E-state index contributed by atoms with van der Waals surface area (Å²) in [5, 5.41) is 3.31. The van der Waals surface area contributed by atoms with Gasteiger partial charge < -0.3 is 5.73 Å². The largest absolute Gasteiger partial charge is 0.368 e. The topological polar surface area (TPSA) is 80.9 Å². The number of rotatable bonds is 6. The summed E-state index contributed by atoms with van der Waals surface area (Å²) in [6.45, 7) is 2.01. The van der Waals surface area contributed by atoms with Gasteiger partial charge in [0.05, 0.1) is 0 Å². The summed E-state index contributed by atoms with van der Waals surface area (Å²) < 4.78 is 0. The summed E-state index contributed by atoms with van der Waals surface area (Å²) in [6, 6.07) is 17.0. The lowest BCUT2D eigenvalue weighted by Crippen LogP contribution is -2.35. The van der Waals surface area contributed by atoms with Crippen molar-refractivity contribution in [1.29, 1.82) is 0 Å². The number of nitrogens with one attached hydrogen (secondary N) is 1. The number of nitrogens with zero attached hydrogens (tertiary/aromatic N) is 2. The van der Waals surface area contributed by atoms with Crippen molar-refractivity contribution in [2.75, 3.05) is 0 Å². The minimum absolute atomic E-state index is 0.0289. The van der Waals surface area contributed by atoms with Crippen LogP contribution in [-0.2, 0) is 4.79 Å². The molecule has 3 N–H and O–H groups in total. The SMILES string of the molecule is C[C@@H](N[C@H](C(N)=O)c1ccccc1)c1ccc(-c2cncnc2)cc1. The van der Waals surface area contributed by atoms with Crippen LogP contribution in [-0.4, -0.2) is 15.9 Å². The van der Waals surface area contributed by atoms with Crippen LogP contribution >= 0.6 is 0 Å². The molecule has 1 amide bonds. The Kier molecular flexibility index (Phi) is 5.16. The van der Waals surface area contributed by atoms with Gasteiger partial charge in [-0.05, 0) is 23.6 Å². The molecule has 0 fully saturated rings. The summed E-state index contributed by atoms with van der Waals surface area (Å²) in [5.41, 5.74) is 9.53. The molecule has 1 aromatic heterocycles. The maximum atomic E-state index is 11.9. The first-order valence-electron chi connectivity index (χ1n) is 8.11. The van der Waals surface area contributed by atoms with E-state index in [-0.39, 0.29) is 6.04 Å². The van der Waals surface area contributed by atoms with Gasteiger partial charge in [0, 0.05) is 24.0 Å². The highest BCUT2D eigenvalue weighted by atomic mass is 16.1. The smallest absolute Gasteiger partial charge is 0.239 e. The molecule has 2 atom stereocenters. The van der Waals surface area contributed by atoms with Gasteiger partial charge in [-0.15, -0.1) is 0 Å². The lowest BCUT2D eigenvalue weighted by atomic mass is 10.0. The molecule has 25 heavy (non-hydrogen) atoms. The molecule has 0 bridgehead atoms. The molecule has 0 aliphatic heterocycles. The molecular weight excluding hydrogens is 312 g/mol. The highest BCUT2D eigenvalue weighted by molar-refractivity contribution is 5.81. The van der Waals surface area contributed by atoms with Crippen LogP contribution in [0.3, 0.4) is 0 Å². The molecule has 5 heteroatoms. The molecule has 0 aliphatic rings. The predicted octanol–water partition coefficient (Wildman–Crippen LogP) is 3.02. The number of amides is 1. The van der Waals surface area contributed by atoms with Gasteiger partial charge in [-0.2, -0.15) is 0 Å². The highest BCUT2D eigenvalue weighted by Crippen LogP contribution is 2.23. The normalized spacial score (nSPS) is 13.2. The molecule has 0 saturated carbocycles. The van der Waals surface area contributed by atoms with Crippen LogP contribution < -0.4 is 11.1 Å². The first kappa shape index (κ1) is 16.8. The monoisotopic (exact) mass is 332 g/mol. The van der Waals surface area contributed by atoms with Crippen LogP contribution in [0.4, 0.5) is 0 Å². The zero-order valence-electron chi connectivity index (χ0n) is 14.0. The van der Waals surface area contributed by atoms with Gasteiger partial charge in [0.15, 0.2) is 0 Å². The van der Waals surface area contributed by atoms with Crippen molar-refractivity contribution in [3.05, 3.63) is 84.4 Å². The first-order chi connectivity index (χ1) is 12.1. The van der Waals surface area contributed by atoms with Crippen LogP contribution in [0.1, 0.15) is 30.1 Å². The van der Waals surface area contributed by atoms with E-state index in [0.717, 1.165) is 22.3 Å². The van der Waals surface area contributed by atoms with E-state index in [4.69, 9.17) is 5.73 Å². The molecule has 0 unspecified atom stereocenters. The summed E-state index contributed by atoms with van der Waals surface area (Å²) in [7, 11) is 0. The van der Waals surface area contributed by atoms with Gasteiger partial charge in [0.25, 0.3) is 0 Å². The molecule has 2 aromatic carbocycles. The molecule has 0 spiro atoms. The number of aromatic nitrogens is 2. The van der Waals surface area contributed by atoms with Crippen molar-refractivity contribution in [2.24, 2.45) is 5.73 Å². The average molecular weight is 332 g/mol. The summed E-state index contributed by atoms with van der Waals surface area (Å²) in [4.78, 5) is 19.9. The zero-order valence-corrected chi connectivity index (χ0v) is 14.0. The predicted molar refractivity (Wildman–Crippen MR) is 97.4 cm³/mol. The van der Waals surface area contributed by atoms with Crippen molar-refractivity contribution in [3.8, 4) is 11.1 Å². The number of hydrogen-bond acceptors (Lipinski definition) is 4. The number of nitrogens with two attached hydrogens (primary N) is 1. The van der Waals surface area contributed by atoms with E-state index in [1.165, 1.54) is 6.33 Å². The lowest BCUT2D eigenvalue weighted by Gasteiger charge is -2.22. The molecule has 5 nitrogen and oxygen atoms in total. The van der Waals surface area contributed by atoms with Gasteiger partial charge >= 0.3 is 0 Å². The van der Waals surface area contributed by atoms with Gasteiger partial charge in [-0.25, -0.2) is 9.97 Å². The second-order valence-electron chi connectivity index (χ2n) is 5.88. The Bertz CT molecular complexity index is 819. The van der Waals surface area contributed by atoms with Crippen molar-refractivity contribution in [3.63, 3.8) is 0 Å². The van der Waals surface area contributed by atoms with Crippen LogP contribution in [0.25, 0.3) is 11.1 Å². The average Bonchev–Trinajstić information content (AvgIpc) is 2.67. The van der Waals surface area contributed by atoms with E-state index in [9.17, 15) is 4.79 Å². The first-order valence-corrected chi connectivity index (χ1v) is 8.11. The van der Waals surface area contributed by atoms with E-state index in [2.05, 4.69) is 15.3 Å². The Labute approximate surface area is 146 Å². The van der Waals surface area contributed by atoms with Gasteiger partial charge in [-0.1, -0.05) is 54.6 Å². The molecule has 0 saturated heterocycles. The van der Waals surface area contributed by atoms with Crippen LogP contribution in [0.5, 0.6) is 0 Å². The third-order valence-electron chi connectivity index (χ3n) is 4.14. The maximum absolute atomic E-state index is 11.9. The Morgan fingerprint density at radius 3 is 2.16 bits per heavy atom. The van der Waals surface area contributed by atoms with Crippen molar-refractivity contribution in [2.45, 2.75) is 19.0 Å². The van der Waals surface area contributed by atoms with E-state index in [1.807, 2.05) is 61.5 Å². The molecule has 0 radical (unpaired) electrons. The molecule has 0 aliphatic carbocycles. The summed E-state index contributed by atoms with van der Waals surface area (Å²) >= 11 is 0. The van der Waals surface area contributed by atoms with Gasteiger partial charge in [-0.3, -0.25) is 10.1 Å². The van der Waals surface area contributed by atoms with Crippen molar-refractivity contribution in [1.82, 2.24) is 15.3 Å². The molecular formula is C20H20N4O. The standard InChI is InChI=1S/C20H20N4O/c1-14(24-19(20(21)25)17-5-3-2-4-6-17)15-7-9-16(10-8-15)18-11-22-13-23-12-18/h2-14,19,24H,1H3,(H2,21,25)/t14-,19+/m1/s1. The Hall–Kier alpha value is -3.05. The van der Waals surface area contributed by atoms with Crippen LogP contribution in [0.15, 0.2) is 73.3 Å². The minimum atomic E-state index is -0.529. The molecule has 126 valence electrons. The maximum Gasteiger partial charge on any atom is 0.239 e. The number of carbonyl (C=O) groups is 1. The Balaban J connectivity index is 1.76. The van der Waals surface area contributed by atoms with E-state index >= 15 is 0 Å². The summed E-state index contributed by atoms with van der Waals surface area (Å²) in [5.74, 6) is -0.392. The molecule has 3 rings (SSSR count). The minimum Gasteiger partial charge on any atom is -0.368 e. The second kappa shape index (κ2) is 7.68. The number of carbonyl (C=O) groups excluding carboxylic acids is 1. The quantitative estimate of drug-likeness (QED) is 0.727. The van der Waals surface area contributed by atoms with Crippen molar-refractivity contribution < 1.29 is 4.79 Å². The third-order valence-corrected chi connectivity index (χ3v) is 4.14. The Morgan fingerprint density at radius 1 is 0.920 bits per heavy atom.